The van der Waals surface area contributed by atoms with Crippen LogP contribution in [0.3, 0.4) is 0 Å². The molecule has 3 aromatic heterocycles. The quantitative estimate of drug-likeness (QED) is 0.314. The average Bonchev–Trinajstić information content (AvgIpc) is 3.42. The maximum atomic E-state index is 10.8. The van der Waals surface area contributed by atoms with E-state index in [0.29, 0.717) is 65.0 Å². The van der Waals surface area contributed by atoms with E-state index < -0.39 is 29.8 Å². The molecule has 2 aliphatic carbocycles. The van der Waals surface area contributed by atoms with E-state index >= 15 is 0 Å². The van der Waals surface area contributed by atoms with E-state index in [9.17, 15) is 15.3 Å². The lowest BCUT2D eigenvalue weighted by atomic mass is 9.88. The average molecular weight is 498 g/mol. The summed E-state index contributed by atoms with van der Waals surface area (Å²) in [6, 6.07) is 3.60. The molecule has 0 aliphatic heterocycles. The predicted molar refractivity (Wildman–Crippen MR) is 136 cm³/mol. The number of hydrogen-bond acceptors (Lipinski definition) is 10. The van der Waals surface area contributed by atoms with Gasteiger partial charge in [0.1, 0.15) is 17.7 Å². The van der Waals surface area contributed by atoms with Crippen LogP contribution in [0, 0.1) is 19.8 Å². The first-order valence-corrected chi connectivity index (χ1v) is 12.6. The third kappa shape index (κ3) is 4.72. The van der Waals surface area contributed by atoms with Gasteiger partial charge in [-0.1, -0.05) is 0 Å². The molecule has 0 aromatic carbocycles. The highest BCUT2D eigenvalue weighted by atomic mass is 16.5. The van der Waals surface area contributed by atoms with E-state index in [-0.39, 0.29) is 0 Å². The zero-order chi connectivity index (χ0) is 25.8. The van der Waals surface area contributed by atoms with Crippen molar-refractivity contribution in [1.29, 1.82) is 0 Å². The number of aryl methyl sites for hydroxylation is 2. The number of anilines is 2. The van der Waals surface area contributed by atoms with Gasteiger partial charge < -0.3 is 35.1 Å². The van der Waals surface area contributed by atoms with Gasteiger partial charge in [-0.2, -0.15) is 4.98 Å². The van der Waals surface area contributed by atoms with E-state index in [0.717, 1.165) is 18.2 Å². The lowest BCUT2D eigenvalue weighted by Crippen LogP contribution is -2.40. The Labute approximate surface area is 210 Å². The summed E-state index contributed by atoms with van der Waals surface area (Å²) in [7, 11) is 0. The van der Waals surface area contributed by atoms with Gasteiger partial charge in [-0.05, 0) is 59.9 Å². The van der Waals surface area contributed by atoms with Crippen LogP contribution in [0.4, 0.5) is 11.8 Å². The molecule has 2 saturated carbocycles. The fraction of sp³-hybridized carbons (Fsp3) is 0.577. The van der Waals surface area contributed by atoms with Crippen molar-refractivity contribution >= 4 is 22.7 Å². The summed E-state index contributed by atoms with van der Waals surface area (Å²) in [5, 5.41) is 39.5. The zero-order valence-electron chi connectivity index (χ0n) is 21.4. The van der Waals surface area contributed by atoms with Gasteiger partial charge in [-0.25, -0.2) is 9.97 Å². The standard InChI is InChI=1S/C26H35N5O5/c1-6-35-19-10-14-9-18(36-23(14)13(3)27-19)20-12(2)28-25(29-15-7-8-15)31-24(20)30-17-11-16(26(4,5)34)21(32)22(17)33/h9-10,15-17,21-22,32-34H,6-8,11H2,1-5H3,(H2,28,29,30,31)/t16-,17+,21+,22-/m0/s1. The number of ether oxygens (including phenoxy) is 1. The fourth-order valence-corrected chi connectivity index (χ4v) is 5.02. The van der Waals surface area contributed by atoms with Crippen LogP contribution in [0.15, 0.2) is 16.5 Å². The molecule has 194 valence electrons. The Hall–Kier alpha value is -2.95. The number of aromatic nitrogens is 3. The second-order valence-electron chi connectivity index (χ2n) is 10.5. The SMILES string of the molecule is CCOc1cc2cc(-c3c(C)nc(NC4CC4)nc3N[C@@H]3C[C@H](C(C)(C)O)[C@@H](O)[C@H]3O)oc2c(C)n1. The molecule has 2 aliphatic rings. The van der Waals surface area contributed by atoms with Crippen molar-refractivity contribution in [2.24, 2.45) is 5.92 Å². The normalized spacial score (nSPS) is 24.3. The highest BCUT2D eigenvalue weighted by Crippen LogP contribution is 2.40. The molecule has 5 N–H and O–H groups in total. The molecule has 3 aromatic rings. The molecule has 36 heavy (non-hydrogen) atoms. The summed E-state index contributed by atoms with van der Waals surface area (Å²) in [4.78, 5) is 13.9. The van der Waals surface area contributed by atoms with Crippen molar-refractivity contribution < 1.29 is 24.5 Å². The molecule has 10 heteroatoms. The van der Waals surface area contributed by atoms with Gasteiger partial charge in [0, 0.05) is 23.4 Å². The van der Waals surface area contributed by atoms with Crippen LogP contribution in [-0.4, -0.2) is 66.8 Å². The van der Waals surface area contributed by atoms with E-state index in [4.69, 9.17) is 14.1 Å². The molecule has 0 saturated heterocycles. The predicted octanol–water partition coefficient (Wildman–Crippen LogP) is 3.17. The van der Waals surface area contributed by atoms with E-state index in [1.165, 1.54) is 0 Å². The topological polar surface area (TPSA) is 146 Å². The van der Waals surface area contributed by atoms with Crippen LogP contribution in [-0.2, 0) is 0 Å². The Morgan fingerprint density at radius 3 is 2.44 bits per heavy atom. The van der Waals surface area contributed by atoms with Crippen LogP contribution < -0.4 is 15.4 Å². The third-order valence-electron chi connectivity index (χ3n) is 7.10. The highest BCUT2D eigenvalue weighted by Gasteiger charge is 2.48. The van der Waals surface area contributed by atoms with Crippen molar-refractivity contribution in [1.82, 2.24) is 15.0 Å². The maximum absolute atomic E-state index is 10.8. The Bertz CT molecular complexity index is 1270. The minimum absolute atomic E-state index is 0.360. The minimum Gasteiger partial charge on any atom is -0.478 e. The number of aliphatic hydroxyl groups is 3. The molecule has 2 fully saturated rings. The lowest BCUT2D eigenvalue weighted by Gasteiger charge is -2.28. The van der Waals surface area contributed by atoms with Crippen molar-refractivity contribution in [3.8, 4) is 17.2 Å². The summed E-state index contributed by atoms with van der Waals surface area (Å²) in [6.07, 6.45) is 0.396. The molecule has 10 nitrogen and oxygen atoms in total. The Morgan fingerprint density at radius 1 is 1.06 bits per heavy atom. The van der Waals surface area contributed by atoms with Gasteiger partial charge in [0.15, 0.2) is 5.58 Å². The summed E-state index contributed by atoms with van der Waals surface area (Å²) >= 11 is 0. The number of furan rings is 1. The Morgan fingerprint density at radius 2 is 1.81 bits per heavy atom. The maximum Gasteiger partial charge on any atom is 0.225 e. The smallest absolute Gasteiger partial charge is 0.225 e. The molecule has 0 amide bonds. The second-order valence-corrected chi connectivity index (χ2v) is 10.5. The van der Waals surface area contributed by atoms with Gasteiger partial charge in [-0.15, -0.1) is 0 Å². The summed E-state index contributed by atoms with van der Waals surface area (Å²) in [6.45, 7) is 9.49. The first-order chi connectivity index (χ1) is 17.0. The number of nitrogens with one attached hydrogen (secondary N) is 2. The van der Waals surface area contributed by atoms with Gasteiger partial charge in [-0.3, -0.25) is 0 Å². The monoisotopic (exact) mass is 497 g/mol. The van der Waals surface area contributed by atoms with Gasteiger partial charge in [0.25, 0.3) is 0 Å². The largest absolute Gasteiger partial charge is 0.478 e. The number of hydrogen-bond donors (Lipinski definition) is 5. The number of pyridine rings is 1. The molecule has 3 heterocycles. The number of aliphatic hydroxyl groups excluding tert-OH is 2. The minimum atomic E-state index is -1.14. The first kappa shape index (κ1) is 24.7. The van der Waals surface area contributed by atoms with E-state index in [2.05, 4.69) is 20.6 Å². The molecule has 0 bridgehead atoms. The van der Waals surface area contributed by atoms with Crippen LogP contribution in [0.2, 0.25) is 0 Å². The van der Waals surface area contributed by atoms with E-state index in [1.807, 2.05) is 32.9 Å². The van der Waals surface area contributed by atoms with Crippen LogP contribution in [0.5, 0.6) is 5.88 Å². The molecule has 0 unspecified atom stereocenters. The molecule has 5 rings (SSSR count). The molecule has 4 atom stereocenters. The lowest BCUT2D eigenvalue weighted by molar-refractivity contribution is -0.0601. The number of fused-ring (bicyclic) bond motifs is 1. The fourth-order valence-electron chi connectivity index (χ4n) is 5.02. The Kier molecular flexibility index (Phi) is 6.30. The van der Waals surface area contributed by atoms with Crippen molar-refractivity contribution in [3.63, 3.8) is 0 Å². The molecular formula is C26H35N5O5. The third-order valence-corrected chi connectivity index (χ3v) is 7.10. The van der Waals surface area contributed by atoms with Crippen molar-refractivity contribution in [2.45, 2.75) is 83.8 Å². The number of rotatable bonds is 8. The Balaban J connectivity index is 1.56. The zero-order valence-corrected chi connectivity index (χ0v) is 21.4. The van der Waals surface area contributed by atoms with Gasteiger partial charge in [0.05, 0.1) is 41.3 Å². The highest BCUT2D eigenvalue weighted by molar-refractivity contribution is 5.88. The van der Waals surface area contributed by atoms with Crippen LogP contribution in [0.25, 0.3) is 22.3 Å². The number of nitrogens with zero attached hydrogens (tertiary/aromatic N) is 3. The molecule has 0 radical (unpaired) electrons. The summed E-state index contributed by atoms with van der Waals surface area (Å²) in [5.41, 5.74) is 1.60. The van der Waals surface area contributed by atoms with Crippen molar-refractivity contribution in [3.05, 3.63) is 23.5 Å². The van der Waals surface area contributed by atoms with Crippen LogP contribution in [0.1, 0.15) is 51.4 Å². The van der Waals surface area contributed by atoms with E-state index in [1.54, 1.807) is 13.8 Å². The summed E-state index contributed by atoms with van der Waals surface area (Å²) < 4.78 is 11.8. The summed E-state index contributed by atoms with van der Waals surface area (Å²) in [5.74, 6) is 1.60. The van der Waals surface area contributed by atoms with Crippen LogP contribution >= 0.6 is 0 Å². The van der Waals surface area contributed by atoms with Gasteiger partial charge >= 0.3 is 0 Å². The van der Waals surface area contributed by atoms with Gasteiger partial charge in [0.2, 0.25) is 11.8 Å². The second kappa shape index (κ2) is 9.17. The molecular weight excluding hydrogens is 462 g/mol. The first-order valence-electron chi connectivity index (χ1n) is 12.6. The molecule has 0 spiro atoms. The van der Waals surface area contributed by atoms with Crippen molar-refractivity contribution in [2.75, 3.05) is 17.2 Å².